The monoisotopic (exact) mass is 425 g/mol. The van der Waals surface area contributed by atoms with E-state index in [1.54, 1.807) is 26.0 Å². The van der Waals surface area contributed by atoms with E-state index in [2.05, 4.69) is 57.7 Å². The van der Waals surface area contributed by atoms with E-state index in [9.17, 15) is 14.7 Å². The standard InChI is InChI=1S/C26H35NO4/c1-8-22(19-10-9-11-21(14-19)27(17(4)5)18(6)7)23-15-20(25(28)29)12-13-24(23)31-26(30)16(2)3/h9-18,22H,8H2,1-7H3,(H,28,29). The second-order valence-electron chi connectivity index (χ2n) is 8.78. The predicted octanol–water partition coefficient (Wildman–Crippen LogP) is 6.11. The van der Waals surface area contributed by atoms with Crippen molar-refractivity contribution in [2.75, 3.05) is 4.90 Å². The van der Waals surface area contributed by atoms with Crippen molar-refractivity contribution in [3.63, 3.8) is 0 Å². The SMILES string of the molecule is CCC(c1cccc(N(C(C)C)C(C)C)c1)c1cc(C(=O)O)ccc1OC(=O)C(C)C. The quantitative estimate of drug-likeness (QED) is 0.388. The van der Waals surface area contributed by atoms with Gasteiger partial charge in [-0.05, 0) is 70.0 Å². The summed E-state index contributed by atoms with van der Waals surface area (Å²) in [7, 11) is 0. The van der Waals surface area contributed by atoms with Crippen molar-refractivity contribution >= 4 is 17.6 Å². The van der Waals surface area contributed by atoms with E-state index in [0.717, 1.165) is 17.7 Å². The Bertz CT molecular complexity index is 909. The molecule has 1 unspecified atom stereocenters. The van der Waals surface area contributed by atoms with Gasteiger partial charge in [-0.25, -0.2) is 4.79 Å². The molecular formula is C26H35NO4. The second-order valence-corrected chi connectivity index (χ2v) is 8.78. The number of carboxylic acid groups (broad SMARTS) is 1. The topological polar surface area (TPSA) is 66.8 Å². The van der Waals surface area contributed by atoms with Crippen molar-refractivity contribution in [3.8, 4) is 5.75 Å². The maximum absolute atomic E-state index is 12.3. The zero-order valence-corrected chi connectivity index (χ0v) is 19.7. The van der Waals surface area contributed by atoms with Crippen LogP contribution in [0, 0.1) is 5.92 Å². The first-order chi connectivity index (χ1) is 14.6. The molecule has 5 heteroatoms. The van der Waals surface area contributed by atoms with Gasteiger partial charge in [-0.15, -0.1) is 0 Å². The summed E-state index contributed by atoms with van der Waals surface area (Å²) in [6.45, 7) is 14.3. The number of carbonyl (C=O) groups excluding carboxylic acids is 1. The normalized spacial score (nSPS) is 12.3. The Morgan fingerprint density at radius 3 is 2.13 bits per heavy atom. The van der Waals surface area contributed by atoms with Gasteiger partial charge >= 0.3 is 11.9 Å². The first kappa shape index (κ1) is 24.4. The van der Waals surface area contributed by atoms with Crippen LogP contribution in [0.4, 0.5) is 5.69 Å². The van der Waals surface area contributed by atoms with Gasteiger partial charge in [0, 0.05) is 29.3 Å². The number of carbonyl (C=O) groups is 2. The molecule has 0 saturated heterocycles. The first-order valence-electron chi connectivity index (χ1n) is 11.0. The van der Waals surface area contributed by atoms with E-state index in [-0.39, 0.29) is 23.4 Å². The van der Waals surface area contributed by atoms with Crippen LogP contribution in [-0.2, 0) is 4.79 Å². The van der Waals surface area contributed by atoms with Gasteiger partial charge in [-0.1, -0.05) is 32.9 Å². The van der Waals surface area contributed by atoms with Gasteiger partial charge in [0.1, 0.15) is 5.75 Å². The lowest BCUT2D eigenvalue weighted by Crippen LogP contribution is -2.37. The Morgan fingerprint density at radius 2 is 1.61 bits per heavy atom. The Balaban J connectivity index is 2.59. The molecule has 0 aromatic heterocycles. The van der Waals surface area contributed by atoms with E-state index in [1.165, 1.54) is 6.07 Å². The highest BCUT2D eigenvalue weighted by Crippen LogP contribution is 2.37. The van der Waals surface area contributed by atoms with Crippen molar-refractivity contribution < 1.29 is 19.4 Å². The fraction of sp³-hybridized carbons (Fsp3) is 0.462. The van der Waals surface area contributed by atoms with Crippen molar-refractivity contribution in [2.45, 2.75) is 72.9 Å². The van der Waals surface area contributed by atoms with Crippen LogP contribution in [0.1, 0.15) is 82.3 Å². The van der Waals surface area contributed by atoms with Gasteiger partial charge in [0.15, 0.2) is 0 Å². The molecule has 0 aliphatic heterocycles. The van der Waals surface area contributed by atoms with Crippen LogP contribution in [0.2, 0.25) is 0 Å². The molecule has 0 aliphatic rings. The summed E-state index contributed by atoms with van der Waals surface area (Å²) in [5, 5.41) is 9.52. The van der Waals surface area contributed by atoms with Crippen molar-refractivity contribution in [2.24, 2.45) is 5.92 Å². The number of rotatable bonds is 9. The number of anilines is 1. The van der Waals surface area contributed by atoms with Crippen LogP contribution in [0.15, 0.2) is 42.5 Å². The third-order valence-corrected chi connectivity index (χ3v) is 5.41. The molecule has 0 bridgehead atoms. The summed E-state index contributed by atoms with van der Waals surface area (Å²) < 4.78 is 5.66. The summed E-state index contributed by atoms with van der Waals surface area (Å²) >= 11 is 0. The summed E-state index contributed by atoms with van der Waals surface area (Å²) in [6, 6.07) is 13.7. The molecule has 2 aromatic carbocycles. The van der Waals surface area contributed by atoms with Gasteiger partial charge in [-0.3, -0.25) is 4.79 Å². The van der Waals surface area contributed by atoms with Crippen LogP contribution < -0.4 is 9.64 Å². The van der Waals surface area contributed by atoms with Crippen LogP contribution in [0.5, 0.6) is 5.75 Å². The van der Waals surface area contributed by atoms with Crippen molar-refractivity contribution in [1.82, 2.24) is 0 Å². The molecule has 0 radical (unpaired) electrons. The fourth-order valence-electron chi connectivity index (χ4n) is 4.00. The highest BCUT2D eigenvalue weighted by Gasteiger charge is 2.23. The molecule has 168 valence electrons. The molecule has 0 aliphatic carbocycles. The van der Waals surface area contributed by atoms with Gasteiger partial charge in [0.25, 0.3) is 0 Å². The number of benzene rings is 2. The predicted molar refractivity (Wildman–Crippen MR) is 125 cm³/mol. The molecule has 1 N–H and O–H groups in total. The van der Waals surface area contributed by atoms with Crippen molar-refractivity contribution in [1.29, 1.82) is 0 Å². The maximum atomic E-state index is 12.3. The van der Waals surface area contributed by atoms with Gasteiger partial charge in [-0.2, -0.15) is 0 Å². The highest BCUT2D eigenvalue weighted by atomic mass is 16.5. The summed E-state index contributed by atoms with van der Waals surface area (Å²) in [5.41, 5.74) is 3.08. The van der Waals surface area contributed by atoms with Crippen LogP contribution in [-0.4, -0.2) is 29.1 Å². The lowest BCUT2D eigenvalue weighted by molar-refractivity contribution is -0.137. The number of ether oxygens (including phenoxy) is 1. The third-order valence-electron chi connectivity index (χ3n) is 5.41. The average molecular weight is 426 g/mol. The summed E-state index contributed by atoms with van der Waals surface area (Å²) in [5.74, 6) is -1.29. The maximum Gasteiger partial charge on any atom is 0.335 e. The minimum Gasteiger partial charge on any atom is -0.478 e. The second kappa shape index (κ2) is 10.5. The number of nitrogens with zero attached hydrogens (tertiary/aromatic N) is 1. The fourth-order valence-corrected chi connectivity index (χ4v) is 4.00. The number of hydrogen-bond donors (Lipinski definition) is 1. The molecule has 1 atom stereocenters. The van der Waals surface area contributed by atoms with E-state index in [0.29, 0.717) is 23.4 Å². The minimum absolute atomic E-state index is 0.101. The summed E-state index contributed by atoms with van der Waals surface area (Å²) in [6.07, 6.45) is 0.738. The lowest BCUT2D eigenvalue weighted by atomic mass is 9.87. The Labute approximate surface area is 186 Å². The molecular weight excluding hydrogens is 390 g/mol. The number of carboxylic acids is 1. The van der Waals surface area contributed by atoms with Crippen LogP contribution in [0.3, 0.4) is 0 Å². The van der Waals surface area contributed by atoms with E-state index in [4.69, 9.17) is 4.74 Å². The van der Waals surface area contributed by atoms with E-state index in [1.807, 2.05) is 6.07 Å². The third kappa shape index (κ3) is 5.87. The molecule has 0 saturated carbocycles. The van der Waals surface area contributed by atoms with E-state index >= 15 is 0 Å². The first-order valence-corrected chi connectivity index (χ1v) is 11.0. The smallest absolute Gasteiger partial charge is 0.335 e. The molecule has 5 nitrogen and oxygen atoms in total. The summed E-state index contributed by atoms with van der Waals surface area (Å²) in [4.78, 5) is 26.3. The largest absolute Gasteiger partial charge is 0.478 e. The Kier molecular flexibility index (Phi) is 8.26. The van der Waals surface area contributed by atoms with Gasteiger partial charge < -0.3 is 14.7 Å². The van der Waals surface area contributed by atoms with Crippen LogP contribution in [0.25, 0.3) is 0 Å². The molecule has 31 heavy (non-hydrogen) atoms. The van der Waals surface area contributed by atoms with Crippen LogP contribution >= 0.6 is 0 Å². The van der Waals surface area contributed by atoms with Crippen molar-refractivity contribution in [3.05, 3.63) is 59.2 Å². The molecule has 0 fully saturated rings. The molecule has 0 heterocycles. The number of hydrogen-bond acceptors (Lipinski definition) is 4. The Morgan fingerprint density at radius 1 is 0.968 bits per heavy atom. The average Bonchev–Trinajstić information content (AvgIpc) is 2.69. The number of aromatic carboxylic acids is 1. The molecule has 0 spiro atoms. The zero-order valence-electron chi connectivity index (χ0n) is 19.7. The lowest BCUT2D eigenvalue weighted by Gasteiger charge is -2.34. The van der Waals surface area contributed by atoms with E-state index < -0.39 is 5.97 Å². The highest BCUT2D eigenvalue weighted by molar-refractivity contribution is 5.88. The van der Waals surface area contributed by atoms with Gasteiger partial charge in [0.2, 0.25) is 0 Å². The Hall–Kier alpha value is -2.82. The van der Waals surface area contributed by atoms with Gasteiger partial charge in [0.05, 0.1) is 11.5 Å². The minimum atomic E-state index is -1.00. The zero-order chi connectivity index (χ0) is 23.3. The number of esters is 1. The molecule has 2 aromatic rings. The molecule has 2 rings (SSSR count). The molecule has 0 amide bonds.